The van der Waals surface area contributed by atoms with E-state index in [1.54, 1.807) is 0 Å². The predicted octanol–water partition coefficient (Wildman–Crippen LogP) is 0.782. The summed E-state index contributed by atoms with van der Waals surface area (Å²) in [6, 6.07) is 2.68. The lowest BCUT2D eigenvalue weighted by Gasteiger charge is -2.26. The molecule has 0 amide bonds. The van der Waals surface area contributed by atoms with Gasteiger partial charge in [-0.2, -0.15) is 5.26 Å². The van der Waals surface area contributed by atoms with Crippen LogP contribution in [0.25, 0.3) is 0 Å². The maximum atomic E-state index is 8.45. The molecule has 0 aliphatic rings. The zero-order chi connectivity index (χ0) is 9.56. The summed E-state index contributed by atoms with van der Waals surface area (Å²) >= 11 is 0. The molecule has 0 aromatic carbocycles. The highest BCUT2D eigenvalue weighted by atomic mass is 15.2. The molecule has 0 aromatic heterocycles. The number of hydrogen-bond acceptors (Lipinski definition) is 3. The zero-order valence-corrected chi connectivity index (χ0v) is 8.54. The molecule has 0 N–H and O–H groups in total. The standard InChI is InChI=1S/C9H19N3/c1-11(2)8-9(12(3)4)6-5-7-10/h9H,5-6,8H2,1-4H3. The molecular formula is C9H19N3. The summed E-state index contributed by atoms with van der Waals surface area (Å²) in [7, 11) is 8.24. The van der Waals surface area contributed by atoms with Gasteiger partial charge in [0.15, 0.2) is 0 Å². The van der Waals surface area contributed by atoms with Crippen molar-refractivity contribution >= 4 is 0 Å². The third-order valence-electron chi connectivity index (χ3n) is 1.90. The molecule has 0 aromatic rings. The maximum absolute atomic E-state index is 8.45. The van der Waals surface area contributed by atoms with Gasteiger partial charge in [0.1, 0.15) is 0 Å². The van der Waals surface area contributed by atoms with Gasteiger partial charge in [-0.05, 0) is 34.6 Å². The summed E-state index contributed by atoms with van der Waals surface area (Å²) < 4.78 is 0. The van der Waals surface area contributed by atoms with Crippen LogP contribution in [-0.4, -0.2) is 50.6 Å². The average molecular weight is 169 g/mol. The van der Waals surface area contributed by atoms with Gasteiger partial charge >= 0.3 is 0 Å². The van der Waals surface area contributed by atoms with E-state index in [-0.39, 0.29) is 0 Å². The lowest BCUT2D eigenvalue weighted by Crippen LogP contribution is -2.37. The Balaban J connectivity index is 3.80. The van der Waals surface area contributed by atoms with E-state index in [9.17, 15) is 0 Å². The van der Waals surface area contributed by atoms with Crippen molar-refractivity contribution in [2.75, 3.05) is 34.7 Å². The molecule has 70 valence electrons. The molecule has 0 spiro atoms. The van der Waals surface area contributed by atoms with Crippen LogP contribution in [0.15, 0.2) is 0 Å². The number of nitrogens with zero attached hydrogens (tertiary/aromatic N) is 3. The van der Waals surface area contributed by atoms with Crippen molar-refractivity contribution in [3.05, 3.63) is 0 Å². The Morgan fingerprint density at radius 3 is 2.17 bits per heavy atom. The van der Waals surface area contributed by atoms with Crippen molar-refractivity contribution < 1.29 is 0 Å². The Morgan fingerprint density at radius 2 is 1.83 bits per heavy atom. The highest BCUT2D eigenvalue weighted by Crippen LogP contribution is 2.03. The molecule has 0 saturated carbocycles. The van der Waals surface area contributed by atoms with E-state index >= 15 is 0 Å². The highest BCUT2D eigenvalue weighted by Gasteiger charge is 2.11. The van der Waals surface area contributed by atoms with E-state index < -0.39 is 0 Å². The Bertz CT molecular complexity index is 146. The van der Waals surface area contributed by atoms with Gasteiger partial charge in [0.05, 0.1) is 6.07 Å². The molecular weight excluding hydrogens is 150 g/mol. The van der Waals surface area contributed by atoms with Gasteiger partial charge in [0.25, 0.3) is 0 Å². The maximum Gasteiger partial charge on any atom is 0.0622 e. The van der Waals surface area contributed by atoms with Gasteiger partial charge in [-0.25, -0.2) is 0 Å². The van der Waals surface area contributed by atoms with E-state index in [1.165, 1.54) is 0 Å². The SMILES string of the molecule is CN(C)CC(CCC#N)N(C)C. The summed E-state index contributed by atoms with van der Waals surface area (Å²) in [6.07, 6.45) is 1.61. The first-order valence-corrected chi connectivity index (χ1v) is 4.26. The van der Waals surface area contributed by atoms with Crippen molar-refractivity contribution in [1.29, 1.82) is 5.26 Å². The van der Waals surface area contributed by atoms with Gasteiger partial charge in [-0.3, -0.25) is 0 Å². The molecule has 1 unspecified atom stereocenters. The molecule has 0 aliphatic heterocycles. The van der Waals surface area contributed by atoms with Crippen LogP contribution < -0.4 is 0 Å². The molecule has 0 radical (unpaired) electrons. The van der Waals surface area contributed by atoms with Crippen molar-refractivity contribution in [3.8, 4) is 6.07 Å². The van der Waals surface area contributed by atoms with Crippen molar-refractivity contribution in [2.24, 2.45) is 0 Å². The minimum Gasteiger partial charge on any atom is -0.308 e. The summed E-state index contributed by atoms with van der Waals surface area (Å²) in [5.41, 5.74) is 0. The summed E-state index contributed by atoms with van der Waals surface area (Å²) in [6.45, 7) is 1.02. The average Bonchev–Trinajstić information content (AvgIpc) is 1.96. The molecule has 12 heavy (non-hydrogen) atoms. The third kappa shape index (κ3) is 5.11. The molecule has 0 heterocycles. The van der Waals surface area contributed by atoms with Crippen LogP contribution in [0, 0.1) is 11.3 Å². The van der Waals surface area contributed by atoms with Crippen LogP contribution >= 0.6 is 0 Å². The van der Waals surface area contributed by atoms with Gasteiger partial charge in [0, 0.05) is 19.0 Å². The second kappa shape index (κ2) is 5.99. The second-order valence-corrected chi connectivity index (χ2v) is 3.58. The molecule has 0 rings (SSSR count). The van der Waals surface area contributed by atoms with E-state index in [0.717, 1.165) is 13.0 Å². The van der Waals surface area contributed by atoms with Crippen molar-refractivity contribution in [1.82, 2.24) is 9.80 Å². The smallest absolute Gasteiger partial charge is 0.0622 e. The largest absolute Gasteiger partial charge is 0.308 e. The number of rotatable bonds is 5. The summed E-state index contributed by atoms with van der Waals surface area (Å²) in [5, 5.41) is 8.45. The number of likely N-dealkylation sites (N-methyl/N-ethyl adjacent to an activating group) is 2. The number of nitriles is 1. The van der Waals surface area contributed by atoms with Gasteiger partial charge in [-0.15, -0.1) is 0 Å². The van der Waals surface area contributed by atoms with Crippen LogP contribution in [0.5, 0.6) is 0 Å². The fourth-order valence-corrected chi connectivity index (χ4v) is 1.17. The molecule has 0 fully saturated rings. The first-order valence-electron chi connectivity index (χ1n) is 4.26. The quantitative estimate of drug-likeness (QED) is 0.609. The minimum atomic E-state index is 0.500. The van der Waals surface area contributed by atoms with Gasteiger partial charge < -0.3 is 9.80 Å². The van der Waals surface area contributed by atoms with Gasteiger partial charge in [0.2, 0.25) is 0 Å². The lowest BCUT2D eigenvalue weighted by molar-refractivity contribution is 0.219. The van der Waals surface area contributed by atoms with Crippen molar-refractivity contribution in [3.63, 3.8) is 0 Å². The first-order chi connectivity index (χ1) is 5.57. The van der Waals surface area contributed by atoms with E-state index in [1.807, 2.05) is 0 Å². The van der Waals surface area contributed by atoms with Crippen molar-refractivity contribution in [2.45, 2.75) is 18.9 Å². The molecule has 1 atom stereocenters. The molecule has 3 heteroatoms. The second-order valence-electron chi connectivity index (χ2n) is 3.58. The van der Waals surface area contributed by atoms with E-state index in [0.29, 0.717) is 12.5 Å². The first kappa shape index (κ1) is 11.4. The van der Waals surface area contributed by atoms with Crippen LogP contribution in [0.2, 0.25) is 0 Å². The third-order valence-corrected chi connectivity index (χ3v) is 1.90. The van der Waals surface area contributed by atoms with Crippen LogP contribution in [0.1, 0.15) is 12.8 Å². The monoisotopic (exact) mass is 169 g/mol. The van der Waals surface area contributed by atoms with E-state index in [2.05, 4.69) is 44.1 Å². The zero-order valence-electron chi connectivity index (χ0n) is 8.54. The summed E-state index contributed by atoms with van der Waals surface area (Å²) in [4.78, 5) is 4.33. The normalized spacial score (nSPS) is 13.4. The van der Waals surface area contributed by atoms with Crippen LogP contribution in [0.3, 0.4) is 0 Å². The van der Waals surface area contributed by atoms with E-state index in [4.69, 9.17) is 5.26 Å². The lowest BCUT2D eigenvalue weighted by atomic mass is 10.1. The Hall–Kier alpha value is -0.590. The summed E-state index contributed by atoms with van der Waals surface area (Å²) in [5.74, 6) is 0. The topological polar surface area (TPSA) is 30.3 Å². The Morgan fingerprint density at radius 1 is 1.25 bits per heavy atom. The predicted molar refractivity (Wildman–Crippen MR) is 50.9 cm³/mol. The number of hydrogen-bond donors (Lipinski definition) is 0. The highest BCUT2D eigenvalue weighted by molar-refractivity contribution is 4.77. The fourth-order valence-electron chi connectivity index (χ4n) is 1.17. The Kier molecular flexibility index (Phi) is 5.69. The molecule has 0 aliphatic carbocycles. The molecule has 3 nitrogen and oxygen atoms in total. The minimum absolute atomic E-state index is 0.500. The van der Waals surface area contributed by atoms with Crippen LogP contribution in [-0.2, 0) is 0 Å². The Labute approximate surface area is 75.6 Å². The molecule has 0 saturated heterocycles. The fraction of sp³-hybridized carbons (Fsp3) is 0.889. The van der Waals surface area contributed by atoms with Crippen LogP contribution in [0.4, 0.5) is 0 Å². The van der Waals surface area contributed by atoms with Gasteiger partial charge in [-0.1, -0.05) is 0 Å². The molecule has 0 bridgehead atoms.